The van der Waals surface area contributed by atoms with Gasteiger partial charge in [0.2, 0.25) is 0 Å². The number of nitrogens with zero attached hydrogens (tertiary/aromatic N) is 1. The summed E-state index contributed by atoms with van der Waals surface area (Å²) in [5.41, 5.74) is 2.88. The highest BCUT2D eigenvalue weighted by atomic mass is 19.1. The minimum atomic E-state index is -0.337. The molecule has 1 aliphatic rings. The van der Waals surface area contributed by atoms with Crippen LogP contribution in [0.2, 0.25) is 0 Å². The van der Waals surface area contributed by atoms with E-state index in [0.29, 0.717) is 5.52 Å². The molecule has 3 nitrogen and oxygen atoms in total. The van der Waals surface area contributed by atoms with Crippen LogP contribution in [-0.4, -0.2) is 22.8 Å². The van der Waals surface area contributed by atoms with Crippen molar-refractivity contribution in [3.63, 3.8) is 0 Å². The van der Waals surface area contributed by atoms with Gasteiger partial charge in [-0.3, -0.25) is 0 Å². The molecule has 1 aliphatic heterocycles. The van der Waals surface area contributed by atoms with Crippen LogP contribution in [0.15, 0.2) is 12.1 Å². The highest BCUT2D eigenvalue weighted by molar-refractivity contribution is 5.87. The van der Waals surface area contributed by atoms with Crippen LogP contribution >= 0.6 is 0 Å². The van der Waals surface area contributed by atoms with Crippen molar-refractivity contribution < 1.29 is 9.50 Å². The fourth-order valence-electron chi connectivity index (χ4n) is 2.73. The first-order chi connectivity index (χ1) is 8.18. The van der Waals surface area contributed by atoms with Gasteiger partial charge in [0.05, 0.1) is 5.52 Å². The number of aryl methyl sites for hydroxylation is 1. The summed E-state index contributed by atoms with van der Waals surface area (Å²) in [4.78, 5) is 0. The zero-order chi connectivity index (χ0) is 12.0. The number of phenolic OH excluding ortho intramolecular Hbond substituents is 1. The van der Waals surface area contributed by atoms with E-state index in [2.05, 4.69) is 5.32 Å². The van der Waals surface area contributed by atoms with Crippen LogP contribution in [-0.2, 0) is 13.0 Å². The Labute approximate surface area is 98.9 Å². The lowest BCUT2D eigenvalue weighted by Gasteiger charge is -2.06. The highest BCUT2D eigenvalue weighted by Crippen LogP contribution is 2.31. The number of fused-ring (bicyclic) bond motifs is 3. The summed E-state index contributed by atoms with van der Waals surface area (Å²) >= 11 is 0. The molecule has 0 spiro atoms. The monoisotopic (exact) mass is 234 g/mol. The zero-order valence-electron chi connectivity index (χ0n) is 9.76. The number of phenols is 1. The van der Waals surface area contributed by atoms with Crippen LogP contribution in [0.25, 0.3) is 10.9 Å². The largest absolute Gasteiger partial charge is 0.508 e. The standard InChI is InChI=1S/C13H15FN2O/c1-8-10-6-9(17)7-11(14)13(10)16-5-4-15-3-2-12(8)16/h6-7,15,17H,2-5H2,1H3. The van der Waals surface area contributed by atoms with Crippen LogP contribution in [0, 0.1) is 12.7 Å². The molecule has 2 N–H and O–H groups in total. The topological polar surface area (TPSA) is 37.2 Å². The number of rotatable bonds is 0. The van der Waals surface area contributed by atoms with Crippen molar-refractivity contribution in [2.75, 3.05) is 13.1 Å². The second-order valence-electron chi connectivity index (χ2n) is 4.55. The normalized spacial score (nSPS) is 15.9. The number of nitrogens with one attached hydrogen (secondary N) is 1. The molecule has 3 rings (SSSR count). The molecule has 0 aliphatic carbocycles. The van der Waals surface area contributed by atoms with Crippen LogP contribution in [0.5, 0.6) is 5.75 Å². The van der Waals surface area contributed by atoms with Gasteiger partial charge in [-0.2, -0.15) is 0 Å². The van der Waals surface area contributed by atoms with E-state index in [1.54, 1.807) is 6.07 Å². The summed E-state index contributed by atoms with van der Waals surface area (Å²) in [6.45, 7) is 4.56. The smallest absolute Gasteiger partial charge is 0.151 e. The van der Waals surface area contributed by atoms with Crippen LogP contribution in [0.4, 0.5) is 4.39 Å². The SMILES string of the molecule is Cc1c2n(c3c(F)cc(O)cc13)CCNCC2. The van der Waals surface area contributed by atoms with E-state index in [0.717, 1.165) is 37.0 Å². The van der Waals surface area contributed by atoms with Crippen molar-refractivity contribution in [1.29, 1.82) is 0 Å². The summed E-state index contributed by atoms with van der Waals surface area (Å²) < 4.78 is 16.0. The minimum Gasteiger partial charge on any atom is -0.508 e. The second kappa shape index (κ2) is 3.74. The zero-order valence-corrected chi connectivity index (χ0v) is 9.76. The number of aromatic nitrogens is 1. The molecular formula is C13H15FN2O. The summed E-state index contributed by atoms with van der Waals surface area (Å²) in [7, 11) is 0. The van der Waals surface area contributed by atoms with Gasteiger partial charge in [-0.15, -0.1) is 0 Å². The Morgan fingerprint density at radius 2 is 2.18 bits per heavy atom. The van der Waals surface area contributed by atoms with Crippen molar-refractivity contribution in [2.24, 2.45) is 0 Å². The van der Waals surface area contributed by atoms with E-state index >= 15 is 0 Å². The average molecular weight is 234 g/mol. The quantitative estimate of drug-likeness (QED) is 0.731. The van der Waals surface area contributed by atoms with Gasteiger partial charge in [-0.05, 0) is 18.6 Å². The molecule has 0 saturated carbocycles. The van der Waals surface area contributed by atoms with Gasteiger partial charge in [-0.1, -0.05) is 0 Å². The second-order valence-corrected chi connectivity index (χ2v) is 4.55. The average Bonchev–Trinajstić information content (AvgIpc) is 2.48. The Morgan fingerprint density at radius 1 is 1.35 bits per heavy atom. The summed E-state index contributed by atoms with van der Waals surface area (Å²) in [5.74, 6) is -0.340. The molecule has 0 unspecified atom stereocenters. The lowest BCUT2D eigenvalue weighted by molar-refractivity contribution is 0.470. The molecule has 1 aromatic heterocycles. The molecule has 0 amide bonds. The molecule has 0 fully saturated rings. The minimum absolute atomic E-state index is 0.00279. The van der Waals surface area contributed by atoms with Gasteiger partial charge >= 0.3 is 0 Å². The van der Waals surface area contributed by atoms with Gasteiger partial charge in [0.15, 0.2) is 5.82 Å². The predicted octanol–water partition coefficient (Wildman–Crippen LogP) is 1.94. The Bertz CT molecular complexity index is 589. The van der Waals surface area contributed by atoms with E-state index in [-0.39, 0.29) is 11.6 Å². The fourth-order valence-corrected chi connectivity index (χ4v) is 2.73. The van der Waals surface area contributed by atoms with Gasteiger partial charge in [0.25, 0.3) is 0 Å². The van der Waals surface area contributed by atoms with E-state index in [1.165, 1.54) is 11.8 Å². The molecule has 2 heterocycles. The number of hydrogen-bond acceptors (Lipinski definition) is 2. The first-order valence-corrected chi connectivity index (χ1v) is 5.89. The Hall–Kier alpha value is -1.55. The molecule has 4 heteroatoms. The number of hydrogen-bond donors (Lipinski definition) is 2. The van der Waals surface area contributed by atoms with E-state index in [1.807, 2.05) is 11.5 Å². The predicted molar refractivity (Wildman–Crippen MR) is 64.9 cm³/mol. The summed E-state index contributed by atoms with van der Waals surface area (Å²) in [6.07, 6.45) is 0.903. The van der Waals surface area contributed by atoms with Crippen molar-refractivity contribution in [3.05, 3.63) is 29.2 Å². The lowest BCUT2D eigenvalue weighted by atomic mass is 10.1. The number of benzene rings is 1. The van der Waals surface area contributed by atoms with E-state index in [4.69, 9.17) is 0 Å². The van der Waals surface area contributed by atoms with Crippen molar-refractivity contribution in [2.45, 2.75) is 19.9 Å². The van der Waals surface area contributed by atoms with Crippen LogP contribution < -0.4 is 5.32 Å². The maximum Gasteiger partial charge on any atom is 0.151 e. The summed E-state index contributed by atoms with van der Waals surface area (Å²) in [6, 6.07) is 2.84. The Balaban J connectivity index is 2.37. The fraction of sp³-hybridized carbons (Fsp3) is 0.385. The van der Waals surface area contributed by atoms with Crippen molar-refractivity contribution in [1.82, 2.24) is 9.88 Å². The molecule has 0 bridgehead atoms. The summed E-state index contributed by atoms with van der Waals surface area (Å²) in [5, 5.41) is 13.6. The van der Waals surface area contributed by atoms with Crippen molar-refractivity contribution >= 4 is 10.9 Å². The maximum atomic E-state index is 14.0. The molecule has 1 aromatic carbocycles. The molecule has 0 radical (unpaired) electrons. The van der Waals surface area contributed by atoms with Crippen LogP contribution in [0.3, 0.4) is 0 Å². The van der Waals surface area contributed by atoms with Crippen molar-refractivity contribution in [3.8, 4) is 5.75 Å². The maximum absolute atomic E-state index is 14.0. The highest BCUT2D eigenvalue weighted by Gasteiger charge is 2.19. The third kappa shape index (κ3) is 1.52. The number of halogens is 1. The first kappa shape index (κ1) is 10.6. The number of aromatic hydroxyl groups is 1. The van der Waals surface area contributed by atoms with E-state index in [9.17, 15) is 9.50 Å². The molecule has 17 heavy (non-hydrogen) atoms. The molecule has 90 valence electrons. The van der Waals surface area contributed by atoms with Gasteiger partial charge in [0, 0.05) is 43.2 Å². The van der Waals surface area contributed by atoms with Gasteiger partial charge in [0.1, 0.15) is 5.75 Å². The molecular weight excluding hydrogens is 219 g/mol. The Morgan fingerprint density at radius 3 is 3.00 bits per heavy atom. The molecule has 0 saturated heterocycles. The van der Waals surface area contributed by atoms with Crippen LogP contribution in [0.1, 0.15) is 11.3 Å². The van der Waals surface area contributed by atoms with Gasteiger partial charge < -0.3 is 15.0 Å². The third-order valence-electron chi connectivity index (χ3n) is 3.53. The van der Waals surface area contributed by atoms with Gasteiger partial charge in [-0.25, -0.2) is 4.39 Å². The third-order valence-corrected chi connectivity index (χ3v) is 3.53. The molecule has 0 atom stereocenters. The first-order valence-electron chi connectivity index (χ1n) is 5.89. The van der Waals surface area contributed by atoms with E-state index < -0.39 is 0 Å². The lowest BCUT2D eigenvalue weighted by Crippen LogP contribution is -2.17. The molecule has 2 aromatic rings. The Kier molecular flexibility index (Phi) is 2.33.